The summed E-state index contributed by atoms with van der Waals surface area (Å²) >= 11 is 0. The Morgan fingerprint density at radius 2 is 1.63 bits per heavy atom. The van der Waals surface area contributed by atoms with Gasteiger partial charge in [0.2, 0.25) is 0 Å². The molecule has 0 atom stereocenters. The van der Waals surface area contributed by atoms with Crippen LogP contribution < -0.4 is 14.5 Å². The summed E-state index contributed by atoms with van der Waals surface area (Å²) in [6, 6.07) is 16.5. The molecule has 0 aliphatic carbocycles. The fraction of sp³-hybridized carbons (Fsp3) is 0.238. The molecule has 136 valence electrons. The van der Waals surface area contributed by atoms with Gasteiger partial charge in [-0.25, -0.2) is 9.97 Å². The maximum Gasteiger partial charge on any atom is 0.156 e. The number of piperazine rings is 1. The summed E-state index contributed by atoms with van der Waals surface area (Å²) in [5.41, 5.74) is 4.26. The molecular weight excluding hydrogens is 338 g/mol. The van der Waals surface area contributed by atoms with E-state index in [2.05, 4.69) is 49.0 Å². The number of fused-ring (bicyclic) bond motifs is 3. The largest absolute Gasteiger partial charge is 0.495 e. The first-order chi connectivity index (χ1) is 13.3. The molecule has 0 radical (unpaired) electrons. The lowest BCUT2D eigenvalue weighted by molar-refractivity contribution is 0.413. The maximum absolute atomic E-state index is 5.52. The first kappa shape index (κ1) is 15.9. The van der Waals surface area contributed by atoms with E-state index in [4.69, 9.17) is 4.74 Å². The number of nitrogens with one attached hydrogen (secondary N) is 1. The summed E-state index contributed by atoms with van der Waals surface area (Å²) in [5, 5.41) is 1.14. The number of para-hydroxylation sites is 3. The molecule has 0 unspecified atom stereocenters. The summed E-state index contributed by atoms with van der Waals surface area (Å²) in [4.78, 5) is 17.3. The lowest BCUT2D eigenvalue weighted by Gasteiger charge is -2.37. The van der Waals surface area contributed by atoms with E-state index in [9.17, 15) is 0 Å². The van der Waals surface area contributed by atoms with Gasteiger partial charge in [0.15, 0.2) is 5.82 Å². The van der Waals surface area contributed by atoms with Crippen molar-refractivity contribution >= 4 is 33.4 Å². The highest BCUT2D eigenvalue weighted by molar-refractivity contribution is 6.08. The highest BCUT2D eigenvalue weighted by atomic mass is 16.5. The molecule has 1 aliphatic rings. The molecule has 6 nitrogen and oxygen atoms in total. The molecule has 0 saturated carbocycles. The van der Waals surface area contributed by atoms with Gasteiger partial charge in [-0.15, -0.1) is 0 Å². The van der Waals surface area contributed by atoms with Crippen molar-refractivity contribution in [1.82, 2.24) is 15.0 Å². The molecule has 6 heteroatoms. The number of anilines is 2. The Morgan fingerprint density at radius 1 is 0.889 bits per heavy atom. The third-order valence-corrected chi connectivity index (χ3v) is 5.27. The zero-order valence-electron chi connectivity index (χ0n) is 15.2. The number of ether oxygens (including phenoxy) is 1. The van der Waals surface area contributed by atoms with Crippen molar-refractivity contribution in [3.8, 4) is 5.75 Å². The third kappa shape index (κ3) is 2.65. The van der Waals surface area contributed by atoms with E-state index in [1.54, 1.807) is 13.4 Å². The van der Waals surface area contributed by atoms with E-state index in [0.29, 0.717) is 0 Å². The molecule has 2 aromatic heterocycles. The van der Waals surface area contributed by atoms with Gasteiger partial charge in [0, 0.05) is 37.1 Å². The van der Waals surface area contributed by atoms with Crippen LogP contribution in [-0.2, 0) is 0 Å². The van der Waals surface area contributed by atoms with Gasteiger partial charge in [-0.2, -0.15) is 0 Å². The minimum Gasteiger partial charge on any atom is -0.495 e. The second kappa shape index (κ2) is 6.46. The highest BCUT2D eigenvalue weighted by Crippen LogP contribution is 2.32. The van der Waals surface area contributed by atoms with Gasteiger partial charge >= 0.3 is 0 Å². The van der Waals surface area contributed by atoms with Gasteiger partial charge in [-0.1, -0.05) is 30.3 Å². The van der Waals surface area contributed by atoms with Crippen molar-refractivity contribution in [1.29, 1.82) is 0 Å². The number of methoxy groups -OCH3 is 1. The van der Waals surface area contributed by atoms with Crippen LogP contribution in [0.2, 0.25) is 0 Å². The SMILES string of the molecule is COc1ccccc1N1CCN(c2ncnc3c2[nH]c2ccccc23)CC1. The zero-order chi connectivity index (χ0) is 18.2. The number of rotatable bonds is 3. The number of benzene rings is 2. The highest BCUT2D eigenvalue weighted by Gasteiger charge is 2.23. The van der Waals surface area contributed by atoms with E-state index in [0.717, 1.165) is 65.4 Å². The average Bonchev–Trinajstić information content (AvgIpc) is 3.13. The lowest BCUT2D eigenvalue weighted by Crippen LogP contribution is -2.47. The van der Waals surface area contributed by atoms with E-state index in [1.807, 2.05) is 24.3 Å². The lowest BCUT2D eigenvalue weighted by atomic mass is 10.2. The Kier molecular flexibility index (Phi) is 3.81. The second-order valence-electron chi connectivity index (χ2n) is 6.74. The molecule has 1 fully saturated rings. The first-order valence-electron chi connectivity index (χ1n) is 9.19. The summed E-state index contributed by atoms with van der Waals surface area (Å²) in [7, 11) is 1.72. The third-order valence-electron chi connectivity index (χ3n) is 5.27. The van der Waals surface area contributed by atoms with Crippen molar-refractivity contribution in [2.75, 3.05) is 43.1 Å². The molecule has 2 aromatic carbocycles. The normalized spacial score (nSPS) is 14.9. The van der Waals surface area contributed by atoms with Gasteiger partial charge in [-0.3, -0.25) is 0 Å². The van der Waals surface area contributed by atoms with Crippen molar-refractivity contribution < 1.29 is 4.74 Å². The Labute approximate surface area is 157 Å². The number of nitrogens with zero attached hydrogens (tertiary/aromatic N) is 4. The second-order valence-corrected chi connectivity index (χ2v) is 6.74. The summed E-state index contributed by atoms with van der Waals surface area (Å²) in [5.74, 6) is 1.90. The Balaban J connectivity index is 1.44. The van der Waals surface area contributed by atoms with Crippen LogP contribution in [0.25, 0.3) is 21.9 Å². The minimum absolute atomic E-state index is 0.902. The quantitative estimate of drug-likeness (QED) is 0.607. The van der Waals surface area contributed by atoms with Crippen LogP contribution in [0.4, 0.5) is 11.5 Å². The van der Waals surface area contributed by atoms with Gasteiger partial charge in [0.05, 0.1) is 12.8 Å². The molecule has 27 heavy (non-hydrogen) atoms. The number of aromatic nitrogens is 3. The predicted molar refractivity (Wildman–Crippen MR) is 109 cm³/mol. The molecule has 0 spiro atoms. The summed E-state index contributed by atoms with van der Waals surface area (Å²) < 4.78 is 5.52. The smallest absolute Gasteiger partial charge is 0.156 e. The maximum atomic E-state index is 5.52. The molecule has 0 amide bonds. The van der Waals surface area contributed by atoms with E-state index < -0.39 is 0 Å². The molecule has 1 N–H and O–H groups in total. The van der Waals surface area contributed by atoms with Crippen LogP contribution >= 0.6 is 0 Å². The molecule has 1 saturated heterocycles. The van der Waals surface area contributed by atoms with Crippen LogP contribution in [0.5, 0.6) is 5.75 Å². The zero-order valence-corrected chi connectivity index (χ0v) is 15.2. The molecule has 1 aliphatic heterocycles. The Hall–Kier alpha value is -3.28. The topological polar surface area (TPSA) is 57.3 Å². The van der Waals surface area contributed by atoms with Crippen molar-refractivity contribution in [2.24, 2.45) is 0 Å². The number of hydrogen-bond acceptors (Lipinski definition) is 5. The van der Waals surface area contributed by atoms with Crippen LogP contribution in [0.15, 0.2) is 54.9 Å². The first-order valence-corrected chi connectivity index (χ1v) is 9.19. The van der Waals surface area contributed by atoms with Crippen LogP contribution in [0.3, 0.4) is 0 Å². The molecular formula is C21H21N5O. The predicted octanol–water partition coefficient (Wildman–Crippen LogP) is 3.45. The van der Waals surface area contributed by atoms with Gasteiger partial charge in [0.25, 0.3) is 0 Å². The number of hydrogen-bond donors (Lipinski definition) is 1. The fourth-order valence-corrected chi connectivity index (χ4v) is 3.92. The Morgan fingerprint density at radius 3 is 2.48 bits per heavy atom. The van der Waals surface area contributed by atoms with Gasteiger partial charge in [0.1, 0.15) is 23.1 Å². The van der Waals surface area contributed by atoms with Crippen molar-refractivity contribution in [3.63, 3.8) is 0 Å². The molecule has 5 rings (SSSR count). The van der Waals surface area contributed by atoms with Crippen molar-refractivity contribution in [3.05, 3.63) is 54.9 Å². The standard InChI is InChI=1S/C21H21N5O/c1-27-18-9-5-4-8-17(18)25-10-12-26(13-11-25)21-20-19(22-14-23-21)15-6-2-3-7-16(15)24-20/h2-9,14,24H,10-13H2,1H3. The van der Waals surface area contributed by atoms with Gasteiger partial charge in [-0.05, 0) is 18.2 Å². The Bertz CT molecular complexity index is 1100. The number of aromatic amines is 1. The van der Waals surface area contributed by atoms with Crippen LogP contribution in [0.1, 0.15) is 0 Å². The minimum atomic E-state index is 0.902. The van der Waals surface area contributed by atoms with Crippen LogP contribution in [0, 0.1) is 0 Å². The van der Waals surface area contributed by atoms with E-state index in [-0.39, 0.29) is 0 Å². The average molecular weight is 359 g/mol. The monoisotopic (exact) mass is 359 g/mol. The summed E-state index contributed by atoms with van der Waals surface area (Å²) in [6.07, 6.45) is 1.67. The molecule has 4 aromatic rings. The van der Waals surface area contributed by atoms with Gasteiger partial charge < -0.3 is 19.5 Å². The number of H-pyrrole nitrogens is 1. The molecule has 3 heterocycles. The summed E-state index contributed by atoms with van der Waals surface area (Å²) in [6.45, 7) is 3.65. The molecule has 0 bridgehead atoms. The van der Waals surface area contributed by atoms with E-state index >= 15 is 0 Å². The van der Waals surface area contributed by atoms with E-state index in [1.165, 1.54) is 0 Å². The fourth-order valence-electron chi connectivity index (χ4n) is 3.92. The van der Waals surface area contributed by atoms with Crippen LogP contribution in [-0.4, -0.2) is 48.2 Å². The van der Waals surface area contributed by atoms with Crippen molar-refractivity contribution in [2.45, 2.75) is 0 Å².